The maximum Gasteiger partial charge on any atom is 0.321 e. The molecule has 0 unspecified atom stereocenters. The third-order valence-corrected chi connectivity index (χ3v) is 5.46. The summed E-state index contributed by atoms with van der Waals surface area (Å²) in [5, 5.41) is 9.77. The lowest BCUT2D eigenvalue weighted by atomic mass is 9.97. The van der Waals surface area contributed by atoms with Gasteiger partial charge in [0.1, 0.15) is 0 Å². The number of hydrogen-bond acceptors (Lipinski definition) is 2. The van der Waals surface area contributed by atoms with Crippen molar-refractivity contribution < 1.29 is 4.79 Å². The fraction of sp³-hybridized carbons (Fsp3) is 0.565. The van der Waals surface area contributed by atoms with Crippen LogP contribution >= 0.6 is 0 Å². The van der Waals surface area contributed by atoms with Gasteiger partial charge in [0.25, 0.3) is 0 Å². The Morgan fingerprint density at radius 1 is 1.14 bits per heavy atom. The van der Waals surface area contributed by atoms with Gasteiger partial charge in [-0.05, 0) is 69.6 Å². The van der Waals surface area contributed by atoms with E-state index in [0.717, 1.165) is 62.7 Å². The first-order valence-electron chi connectivity index (χ1n) is 11.1. The summed E-state index contributed by atoms with van der Waals surface area (Å²) in [6.07, 6.45) is 10.8. The van der Waals surface area contributed by atoms with Gasteiger partial charge < -0.3 is 20.9 Å². The van der Waals surface area contributed by atoms with Crippen LogP contribution in [0.5, 0.6) is 0 Å². The van der Waals surface area contributed by atoms with Gasteiger partial charge in [0, 0.05) is 31.9 Å². The maximum absolute atomic E-state index is 12.3. The fourth-order valence-electron chi connectivity index (χ4n) is 3.86. The number of likely N-dealkylation sites (tertiary alicyclic amines) is 1. The molecule has 1 aliphatic heterocycles. The minimum Gasteiger partial charge on any atom is -0.357 e. The van der Waals surface area contributed by atoms with Gasteiger partial charge in [-0.15, -0.1) is 0 Å². The standard InChI is InChI=1S/C23H35N5O/c1-2-24-22(25-14-13-19-9-4-3-5-10-19)26-18-20-11-8-12-21(17-20)27-23(29)28-15-6-7-16-28/h8-9,11-12,17H,2-7,10,13-16,18H2,1H3,(H,27,29)(H2,24,25,26). The van der Waals surface area contributed by atoms with Crippen molar-refractivity contribution in [3.63, 3.8) is 0 Å². The van der Waals surface area contributed by atoms with Crippen molar-refractivity contribution in [1.82, 2.24) is 15.5 Å². The number of allylic oxidation sites excluding steroid dienone is 1. The van der Waals surface area contributed by atoms with Crippen LogP contribution in [0.2, 0.25) is 0 Å². The smallest absolute Gasteiger partial charge is 0.321 e. The molecule has 158 valence electrons. The number of aliphatic imine (C=N–C) groups is 1. The molecule has 3 N–H and O–H groups in total. The number of amides is 2. The molecule has 2 amide bonds. The van der Waals surface area contributed by atoms with Crippen molar-refractivity contribution in [3.05, 3.63) is 41.5 Å². The molecule has 0 spiro atoms. The Balaban J connectivity index is 1.51. The topological polar surface area (TPSA) is 68.8 Å². The summed E-state index contributed by atoms with van der Waals surface area (Å²) < 4.78 is 0. The summed E-state index contributed by atoms with van der Waals surface area (Å²) in [5.41, 5.74) is 3.48. The van der Waals surface area contributed by atoms with Crippen molar-refractivity contribution in [2.75, 3.05) is 31.5 Å². The highest BCUT2D eigenvalue weighted by Gasteiger charge is 2.17. The number of guanidine groups is 1. The fourth-order valence-corrected chi connectivity index (χ4v) is 3.86. The van der Waals surface area contributed by atoms with Crippen LogP contribution in [0.1, 0.15) is 57.4 Å². The SMILES string of the molecule is CCNC(=NCc1cccc(NC(=O)N2CCCC2)c1)NCCC1=CCCCC1. The van der Waals surface area contributed by atoms with Crippen molar-refractivity contribution in [2.24, 2.45) is 4.99 Å². The molecule has 1 aliphatic carbocycles. The summed E-state index contributed by atoms with van der Waals surface area (Å²) >= 11 is 0. The second-order valence-corrected chi connectivity index (χ2v) is 7.80. The van der Waals surface area contributed by atoms with Crippen LogP contribution in [-0.2, 0) is 6.54 Å². The molecule has 1 heterocycles. The first kappa shape index (κ1) is 21.2. The number of carbonyl (C=O) groups is 1. The van der Waals surface area contributed by atoms with Gasteiger partial charge in [0.2, 0.25) is 0 Å². The summed E-state index contributed by atoms with van der Waals surface area (Å²) in [6, 6.07) is 7.96. The van der Waals surface area contributed by atoms with Crippen molar-refractivity contribution in [1.29, 1.82) is 0 Å². The molecule has 1 aromatic carbocycles. The Hall–Kier alpha value is -2.50. The number of carbonyl (C=O) groups excluding carboxylic acids is 1. The average molecular weight is 398 g/mol. The molecule has 6 nitrogen and oxygen atoms in total. The molecular formula is C23H35N5O. The average Bonchev–Trinajstić information content (AvgIpc) is 3.28. The molecule has 1 saturated heterocycles. The van der Waals surface area contributed by atoms with E-state index >= 15 is 0 Å². The lowest BCUT2D eigenvalue weighted by molar-refractivity contribution is 0.222. The Labute approximate surface area is 174 Å². The number of nitrogens with one attached hydrogen (secondary N) is 3. The van der Waals surface area contributed by atoms with Crippen LogP contribution < -0.4 is 16.0 Å². The third kappa shape index (κ3) is 7.11. The highest BCUT2D eigenvalue weighted by Crippen LogP contribution is 2.19. The molecule has 6 heteroatoms. The zero-order valence-corrected chi connectivity index (χ0v) is 17.7. The minimum absolute atomic E-state index is 0.00447. The van der Waals surface area contributed by atoms with E-state index in [1.54, 1.807) is 5.57 Å². The van der Waals surface area contributed by atoms with Crippen LogP contribution in [0.15, 0.2) is 40.9 Å². The maximum atomic E-state index is 12.3. The zero-order chi connectivity index (χ0) is 20.3. The van der Waals surface area contributed by atoms with Crippen LogP contribution in [0, 0.1) is 0 Å². The number of urea groups is 1. The number of hydrogen-bond donors (Lipinski definition) is 3. The molecule has 0 bridgehead atoms. The first-order chi connectivity index (χ1) is 14.2. The van der Waals surface area contributed by atoms with Crippen LogP contribution in [0.25, 0.3) is 0 Å². The van der Waals surface area contributed by atoms with Crippen molar-refractivity contribution in [2.45, 2.75) is 58.4 Å². The first-order valence-corrected chi connectivity index (χ1v) is 11.1. The number of nitrogens with zero attached hydrogens (tertiary/aromatic N) is 2. The molecule has 0 aromatic heterocycles. The minimum atomic E-state index is -0.00447. The van der Waals surface area contributed by atoms with Crippen LogP contribution in [0.4, 0.5) is 10.5 Å². The number of rotatable bonds is 7. The molecule has 1 fully saturated rings. The van der Waals surface area contributed by atoms with Crippen LogP contribution in [0.3, 0.4) is 0 Å². The Morgan fingerprint density at radius 2 is 2.00 bits per heavy atom. The van der Waals surface area contributed by atoms with Gasteiger partial charge in [0.05, 0.1) is 6.54 Å². The molecule has 1 aromatic rings. The Bertz CT molecular complexity index is 722. The molecule has 0 saturated carbocycles. The molecule has 3 rings (SSSR count). The van der Waals surface area contributed by atoms with Gasteiger partial charge in [-0.25, -0.2) is 9.79 Å². The molecule has 2 aliphatic rings. The lowest BCUT2D eigenvalue weighted by Gasteiger charge is -2.16. The van der Waals surface area contributed by atoms with E-state index in [4.69, 9.17) is 4.99 Å². The zero-order valence-electron chi connectivity index (χ0n) is 17.7. The number of anilines is 1. The predicted molar refractivity (Wildman–Crippen MR) is 120 cm³/mol. The Morgan fingerprint density at radius 3 is 2.76 bits per heavy atom. The number of benzene rings is 1. The highest BCUT2D eigenvalue weighted by molar-refractivity contribution is 5.89. The Kier molecular flexibility index (Phi) is 8.40. The molecule has 29 heavy (non-hydrogen) atoms. The monoisotopic (exact) mass is 397 g/mol. The third-order valence-electron chi connectivity index (χ3n) is 5.46. The highest BCUT2D eigenvalue weighted by atomic mass is 16.2. The molecular weight excluding hydrogens is 362 g/mol. The normalized spacial score (nSPS) is 17.1. The van der Waals surface area contributed by atoms with Gasteiger partial charge in [-0.3, -0.25) is 0 Å². The van der Waals surface area contributed by atoms with Gasteiger partial charge in [0.15, 0.2) is 5.96 Å². The molecule has 0 radical (unpaired) electrons. The second kappa shape index (κ2) is 11.5. The van der Waals surface area contributed by atoms with Crippen LogP contribution in [-0.4, -0.2) is 43.1 Å². The van der Waals surface area contributed by atoms with E-state index in [0.29, 0.717) is 6.54 Å². The summed E-state index contributed by atoms with van der Waals surface area (Å²) in [6.45, 7) is 6.10. The van der Waals surface area contributed by atoms with Gasteiger partial charge >= 0.3 is 6.03 Å². The summed E-state index contributed by atoms with van der Waals surface area (Å²) in [4.78, 5) is 18.9. The largest absolute Gasteiger partial charge is 0.357 e. The summed E-state index contributed by atoms with van der Waals surface area (Å²) in [7, 11) is 0. The van der Waals surface area contributed by atoms with Crippen molar-refractivity contribution >= 4 is 17.7 Å². The van der Waals surface area contributed by atoms with E-state index in [-0.39, 0.29) is 6.03 Å². The van der Waals surface area contributed by atoms with Gasteiger partial charge in [-0.1, -0.05) is 23.8 Å². The molecule has 0 atom stereocenters. The van der Waals surface area contributed by atoms with E-state index in [1.807, 2.05) is 29.2 Å². The van der Waals surface area contributed by atoms with Gasteiger partial charge in [-0.2, -0.15) is 0 Å². The van der Waals surface area contributed by atoms with Crippen molar-refractivity contribution in [3.8, 4) is 0 Å². The van der Waals surface area contributed by atoms with E-state index in [2.05, 4.69) is 29.0 Å². The predicted octanol–water partition coefficient (Wildman–Crippen LogP) is 4.26. The summed E-state index contributed by atoms with van der Waals surface area (Å²) in [5.74, 6) is 0.843. The lowest BCUT2D eigenvalue weighted by Crippen LogP contribution is -2.37. The quantitative estimate of drug-likeness (QED) is 0.366. The van der Waals surface area contributed by atoms with E-state index in [9.17, 15) is 4.79 Å². The second-order valence-electron chi connectivity index (χ2n) is 7.80. The van der Waals surface area contributed by atoms with E-state index in [1.165, 1.54) is 25.7 Å². The van der Waals surface area contributed by atoms with E-state index < -0.39 is 0 Å².